The van der Waals surface area contributed by atoms with E-state index in [9.17, 15) is 0 Å². The maximum Gasteiger partial charge on any atom is 0.264 e. The molecule has 0 spiro atoms. The molecule has 0 radical (unpaired) electrons. The molecule has 6 heterocycles. The van der Waals surface area contributed by atoms with E-state index in [-0.39, 0.29) is 105 Å². The van der Waals surface area contributed by atoms with Gasteiger partial charge in [-0.3, -0.25) is 0 Å². The van der Waals surface area contributed by atoms with Crippen LogP contribution in [0.3, 0.4) is 0 Å². The molecule has 12 aromatic rings. The molecule has 1 unspecified atom stereocenters. The van der Waals surface area contributed by atoms with Gasteiger partial charge in [0.25, 0.3) is 13.4 Å². The van der Waals surface area contributed by atoms with Crippen molar-refractivity contribution in [2.24, 2.45) is 0 Å². The standard InChI is InChI=1S/C141H176B2N4S2Si/c1-83-69-111-117-113(71-83)146(109-81-102-99(132(18,19)57-60-135(102,24)25)77-105(109)142(117)123-119(115-121(148-123)139(32,33)63-61-137(115,28)29)144(111)86-45-49-93-95(73-86)128(10,11)53-51-126(93,6)7)107-79-100-97(130(14,15)55-58-133(100,20)21)75-90(107)85-43-47-88(48-44-85)150(37,38)68-67-141(36)66-65-136(26,27)103-82-110-106(78-104(103)141)143-118-112(145(87-46-50-94-96(74-87)129(12,13)54-52-127(94,8)9)120-116-122(149-124(120)143)140(34,35)64-62-138(116,30)31)70-84(2)72-114(118)147(110)108-80-101-98(131(16,17)56-59-134(101,22)23)76-91(108)89-41-39-40-42-92(89)125(3,4)5/h39-50,69-82H,51-68H2,1-38H3. The molecule has 2 aromatic heterocycles. The van der Waals surface area contributed by atoms with Crippen LogP contribution in [-0.4, -0.2) is 21.5 Å². The van der Waals surface area contributed by atoms with Crippen molar-refractivity contribution in [3.8, 4) is 22.3 Å². The zero-order valence-corrected chi connectivity index (χ0v) is 102. The molecule has 0 amide bonds. The largest absolute Gasteiger partial charge is 0.311 e. The highest BCUT2D eigenvalue weighted by molar-refractivity contribution is 7.30. The number of hydrogen-bond acceptors (Lipinski definition) is 6. The second-order valence-corrected chi connectivity index (χ2v) is 69.4. The van der Waals surface area contributed by atoms with Crippen molar-refractivity contribution >= 4 is 149 Å². The Balaban J connectivity index is 0.686. The third kappa shape index (κ3) is 15.3. The molecule has 8 aliphatic carbocycles. The number of anilines is 12. The number of nitrogens with zero attached hydrogens (tertiary/aromatic N) is 4. The normalized spacial score (nSPS) is 23.0. The Kier molecular flexibility index (Phi) is 22.3. The van der Waals surface area contributed by atoms with Crippen LogP contribution in [0.1, 0.15) is 449 Å². The minimum Gasteiger partial charge on any atom is -0.311 e. The second kappa shape index (κ2) is 32.5. The van der Waals surface area contributed by atoms with Gasteiger partial charge in [-0.25, -0.2) is 0 Å². The number of thiophene rings is 2. The van der Waals surface area contributed by atoms with Gasteiger partial charge in [-0.05, 0) is 428 Å². The van der Waals surface area contributed by atoms with E-state index < -0.39 is 8.07 Å². The molecule has 12 aliphatic rings. The van der Waals surface area contributed by atoms with Crippen LogP contribution in [0.15, 0.2) is 158 Å². The maximum absolute atomic E-state index is 2.94. The average molecular weight is 2040 g/mol. The highest BCUT2D eigenvalue weighted by atomic mass is 32.1. The Hall–Kier alpha value is -8.85. The third-order valence-corrected chi connectivity index (χ3v) is 49.7. The summed E-state index contributed by atoms with van der Waals surface area (Å²) in [7, 11) is -2.29. The summed E-state index contributed by atoms with van der Waals surface area (Å²) >= 11 is 4.41. The van der Waals surface area contributed by atoms with Crippen LogP contribution in [0.2, 0.25) is 19.1 Å². The van der Waals surface area contributed by atoms with Gasteiger partial charge in [-0.15, -0.1) is 0 Å². The molecule has 24 rings (SSSR count). The van der Waals surface area contributed by atoms with Crippen LogP contribution in [0.25, 0.3) is 22.3 Å². The summed E-state index contributed by atoms with van der Waals surface area (Å²) < 4.78 is 3.07. The van der Waals surface area contributed by atoms with Crippen molar-refractivity contribution in [1.82, 2.24) is 0 Å². The highest BCUT2D eigenvalue weighted by Gasteiger charge is 2.59. The Labute approximate surface area is 915 Å². The van der Waals surface area contributed by atoms with E-state index in [2.05, 4.69) is 462 Å². The number of aryl methyl sites for hydroxylation is 2. The van der Waals surface area contributed by atoms with Gasteiger partial charge in [0.1, 0.15) is 0 Å². The fourth-order valence-electron chi connectivity index (χ4n) is 31.8. The summed E-state index contributed by atoms with van der Waals surface area (Å²) in [5, 5.41) is 1.55. The summed E-state index contributed by atoms with van der Waals surface area (Å²) in [4.78, 5) is 14.8. The zero-order valence-electron chi connectivity index (χ0n) is 99.5. The van der Waals surface area contributed by atoms with Crippen LogP contribution < -0.4 is 56.2 Å². The van der Waals surface area contributed by atoms with Crippen molar-refractivity contribution in [2.45, 2.75) is 470 Å². The van der Waals surface area contributed by atoms with Crippen LogP contribution in [0.5, 0.6) is 0 Å². The van der Waals surface area contributed by atoms with Crippen LogP contribution >= 0.6 is 22.7 Å². The van der Waals surface area contributed by atoms with Crippen LogP contribution in [0.4, 0.5) is 68.2 Å². The molecule has 150 heavy (non-hydrogen) atoms. The lowest BCUT2D eigenvalue weighted by Crippen LogP contribution is -2.61. The topological polar surface area (TPSA) is 13.0 Å². The molecule has 0 N–H and O–H groups in total. The Morgan fingerprint density at radius 2 is 0.587 bits per heavy atom. The summed E-state index contributed by atoms with van der Waals surface area (Å²) in [6.07, 6.45) is 19.6. The van der Waals surface area contributed by atoms with E-state index in [4.69, 9.17) is 0 Å². The van der Waals surface area contributed by atoms with Crippen molar-refractivity contribution in [2.75, 3.05) is 19.6 Å². The smallest absolute Gasteiger partial charge is 0.264 e. The molecule has 0 saturated carbocycles. The molecule has 4 aliphatic heterocycles. The van der Waals surface area contributed by atoms with Crippen molar-refractivity contribution in [1.29, 1.82) is 0 Å². The predicted octanol–water partition coefficient (Wildman–Crippen LogP) is 36.0. The van der Waals surface area contributed by atoms with Gasteiger partial charge in [0, 0.05) is 75.9 Å². The number of hydrogen-bond donors (Lipinski definition) is 0. The van der Waals surface area contributed by atoms with Gasteiger partial charge in [-0.1, -0.05) is 333 Å². The van der Waals surface area contributed by atoms with Gasteiger partial charge in [-0.2, -0.15) is 22.7 Å². The number of rotatable bonds is 10. The molecule has 1 atom stereocenters. The van der Waals surface area contributed by atoms with E-state index in [0.717, 1.165) is 77.0 Å². The molecular formula is C141H176B2N4S2Si. The molecular weight excluding hydrogens is 1860 g/mol. The minimum absolute atomic E-state index is 0.0129. The second-order valence-electron chi connectivity index (χ2n) is 62.5. The van der Waals surface area contributed by atoms with Gasteiger partial charge in [0.15, 0.2) is 0 Å². The third-order valence-electron chi connectivity index (χ3n) is 43.1. The number of benzene rings is 10. The first-order chi connectivity index (χ1) is 69.5. The van der Waals surface area contributed by atoms with E-state index >= 15 is 0 Å². The molecule has 0 saturated heterocycles. The summed E-state index contributed by atoms with van der Waals surface area (Å²) in [6, 6.07) is 70.1. The van der Waals surface area contributed by atoms with Gasteiger partial charge in [0.2, 0.25) is 0 Å². The van der Waals surface area contributed by atoms with Crippen LogP contribution in [0, 0.1) is 13.8 Å². The van der Waals surface area contributed by atoms with Crippen molar-refractivity contribution in [3.05, 3.63) is 262 Å². The van der Waals surface area contributed by atoms with E-state index in [1.54, 1.807) is 42.8 Å². The van der Waals surface area contributed by atoms with Crippen molar-refractivity contribution in [3.63, 3.8) is 0 Å². The Morgan fingerprint density at radius 1 is 0.280 bits per heavy atom. The van der Waals surface area contributed by atoms with Crippen molar-refractivity contribution < 1.29 is 0 Å². The summed E-state index contributed by atoms with van der Waals surface area (Å²) in [5.41, 5.74) is 52.6. The lowest BCUT2D eigenvalue weighted by Gasteiger charge is -2.49. The quantitative estimate of drug-likeness (QED) is 0.127. The lowest BCUT2D eigenvalue weighted by molar-refractivity contribution is 0.304. The van der Waals surface area contributed by atoms with E-state index in [1.165, 1.54) is 227 Å². The fourth-order valence-corrected chi connectivity index (χ4v) is 37.8. The SMILES string of the molecule is Cc1cc2c3c(c1)N(c1ccc4c(c1)C(C)(C)CCC4(C)C)c1c(sc4c1C(C)(C)CCC4(C)C)B3c1cc3c(cc1N2c1cc2c(cc1-c1ccc([Si](C)(C)CCC4(C)CCC(C)(C)c5cc6c(cc54)B4c5sc7c(c5N(c5ccc8c(c5)C(C)(C)CCC8(C)C)c5cc(C)cc(c54)N6c4cc5c(cc4-c4ccccc4C(C)(C)C)C(C)(C)CCC5(C)C)C(C)(C)CCC7(C)C)cc1)C(C)(C)CCC2(C)C)C(C)(C)CCC3(C)C. The average Bonchev–Trinajstić information content (AvgIpc) is 0.880. The summed E-state index contributed by atoms with van der Waals surface area (Å²) in [6.45, 7) is 97.4. The van der Waals surface area contributed by atoms with Crippen LogP contribution in [-0.2, 0) is 92.1 Å². The molecule has 782 valence electrons. The molecule has 0 fully saturated rings. The monoisotopic (exact) mass is 2040 g/mol. The van der Waals surface area contributed by atoms with E-state index in [0.29, 0.717) is 0 Å². The van der Waals surface area contributed by atoms with Gasteiger partial charge >= 0.3 is 0 Å². The summed E-state index contributed by atoms with van der Waals surface area (Å²) in [5.74, 6) is 0. The molecule has 10 aromatic carbocycles. The zero-order chi connectivity index (χ0) is 107. The Bertz CT molecular complexity index is 7760. The first kappa shape index (κ1) is 103. The highest BCUT2D eigenvalue weighted by Crippen LogP contribution is 2.66. The first-order valence-electron chi connectivity index (χ1n) is 58.6. The first-order valence-corrected chi connectivity index (χ1v) is 63.5. The van der Waals surface area contributed by atoms with E-state index in [1.807, 2.05) is 0 Å². The van der Waals surface area contributed by atoms with Gasteiger partial charge < -0.3 is 19.6 Å². The lowest BCUT2D eigenvalue weighted by atomic mass is 9.35. The molecule has 0 bridgehead atoms. The predicted molar refractivity (Wildman–Crippen MR) is 659 cm³/mol. The molecule has 4 nitrogen and oxygen atoms in total. The number of fused-ring (bicyclic) bond motifs is 18. The fraction of sp³-hybridized carbons (Fsp3) is 0.518. The van der Waals surface area contributed by atoms with Gasteiger partial charge in [0.05, 0.1) is 30.8 Å². The maximum atomic E-state index is 2.94. The Morgan fingerprint density at radius 3 is 0.980 bits per heavy atom. The minimum atomic E-state index is -2.29. The molecule has 9 heteroatoms.